The summed E-state index contributed by atoms with van der Waals surface area (Å²) in [5, 5.41) is 0. The molecule has 3 saturated heterocycles. The molecule has 1 spiro atoms. The summed E-state index contributed by atoms with van der Waals surface area (Å²) >= 11 is 0. The number of nitrogens with zero attached hydrogens (tertiary/aromatic N) is 2. The minimum atomic E-state index is 0.146. The Hall–Kier alpha value is -1.59. The van der Waals surface area contributed by atoms with Gasteiger partial charge >= 0.3 is 0 Å². The van der Waals surface area contributed by atoms with E-state index < -0.39 is 0 Å². The van der Waals surface area contributed by atoms with Crippen molar-refractivity contribution in [3.8, 4) is 5.75 Å². The van der Waals surface area contributed by atoms with E-state index >= 15 is 0 Å². The first-order chi connectivity index (χ1) is 13.2. The van der Waals surface area contributed by atoms with E-state index in [0.717, 1.165) is 56.5 Å². The van der Waals surface area contributed by atoms with Crippen LogP contribution in [0, 0.1) is 11.3 Å². The van der Waals surface area contributed by atoms with Gasteiger partial charge in [-0.25, -0.2) is 0 Å². The van der Waals surface area contributed by atoms with Crippen LogP contribution in [0.3, 0.4) is 0 Å². The Morgan fingerprint density at radius 2 is 2.07 bits per heavy atom. The van der Waals surface area contributed by atoms with Crippen molar-refractivity contribution in [1.82, 2.24) is 9.80 Å². The topological polar surface area (TPSA) is 42.0 Å². The van der Waals surface area contributed by atoms with Gasteiger partial charge < -0.3 is 19.3 Å². The second-order valence-corrected chi connectivity index (χ2v) is 8.60. The molecule has 4 rings (SSSR count). The molecule has 148 valence electrons. The van der Waals surface area contributed by atoms with E-state index in [9.17, 15) is 4.79 Å². The fourth-order valence-corrected chi connectivity index (χ4v) is 5.14. The maximum absolute atomic E-state index is 13.0. The van der Waals surface area contributed by atoms with E-state index in [0.29, 0.717) is 0 Å². The van der Waals surface area contributed by atoms with E-state index in [1.807, 2.05) is 24.3 Å². The molecule has 0 aromatic heterocycles. The zero-order valence-electron chi connectivity index (χ0n) is 16.5. The molecule has 1 aromatic carbocycles. The first-order valence-electron chi connectivity index (χ1n) is 10.4. The first-order valence-corrected chi connectivity index (χ1v) is 10.4. The quantitative estimate of drug-likeness (QED) is 0.815. The Morgan fingerprint density at radius 1 is 1.22 bits per heavy atom. The predicted octanol–water partition coefficient (Wildman–Crippen LogP) is 3.05. The minimum absolute atomic E-state index is 0.146. The zero-order valence-corrected chi connectivity index (χ0v) is 16.5. The van der Waals surface area contributed by atoms with Crippen LogP contribution in [0.4, 0.5) is 0 Å². The number of likely N-dealkylation sites (tertiary alicyclic amines) is 2. The standard InChI is InChI=1S/C22H32N2O3/c1-26-20-5-2-4-19(14-20)21(25)24-11-9-22(17-24)8-3-10-23(16-22)15-18-6-12-27-13-7-18/h2,4-5,14,18H,3,6-13,15-17H2,1H3. The third kappa shape index (κ3) is 4.30. The van der Waals surface area contributed by atoms with Crippen LogP contribution in [0.2, 0.25) is 0 Å². The number of hydrogen-bond donors (Lipinski definition) is 0. The summed E-state index contributed by atoms with van der Waals surface area (Å²) in [6.45, 7) is 7.18. The van der Waals surface area contributed by atoms with Crippen molar-refractivity contribution >= 4 is 5.91 Å². The molecule has 1 atom stereocenters. The van der Waals surface area contributed by atoms with Crippen LogP contribution < -0.4 is 4.74 Å². The summed E-state index contributed by atoms with van der Waals surface area (Å²) in [5.41, 5.74) is 1.03. The molecule has 1 amide bonds. The van der Waals surface area contributed by atoms with Gasteiger partial charge in [-0.05, 0) is 62.8 Å². The van der Waals surface area contributed by atoms with Gasteiger partial charge in [0, 0.05) is 50.4 Å². The molecule has 0 bridgehead atoms. The second kappa shape index (κ2) is 8.19. The molecule has 5 heteroatoms. The number of ether oxygens (including phenoxy) is 2. The average Bonchev–Trinajstić information content (AvgIpc) is 3.11. The monoisotopic (exact) mass is 372 g/mol. The highest BCUT2D eigenvalue weighted by Crippen LogP contribution is 2.40. The maximum atomic E-state index is 13.0. The summed E-state index contributed by atoms with van der Waals surface area (Å²) < 4.78 is 10.8. The number of piperidine rings is 1. The van der Waals surface area contributed by atoms with Crippen molar-refractivity contribution in [3.05, 3.63) is 29.8 Å². The number of hydrogen-bond acceptors (Lipinski definition) is 4. The van der Waals surface area contributed by atoms with Crippen LogP contribution >= 0.6 is 0 Å². The fourth-order valence-electron chi connectivity index (χ4n) is 5.14. The van der Waals surface area contributed by atoms with Crippen LogP contribution in [0.1, 0.15) is 42.5 Å². The van der Waals surface area contributed by atoms with Crippen molar-refractivity contribution in [2.75, 3.05) is 53.0 Å². The molecule has 1 unspecified atom stereocenters. The van der Waals surface area contributed by atoms with Crippen LogP contribution in [-0.2, 0) is 4.74 Å². The van der Waals surface area contributed by atoms with E-state index in [2.05, 4.69) is 9.80 Å². The van der Waals surface area contributed by atoms with Crippen LogP contribution in [-0.4, -0.2) is 68.8 Å². The summed E-state index contributed by atoms with van der Waals surface area (Å²) in [6, 6.07) is 7.53. The van der Waals surface area contributed by atoms with E-state index in [-0.39, 0.29) is 11.3 Å². The molecule has 5 nitrogen and oxygen atoms in total. The van der Waals surface area contributed by atoms with Gasteiger partial charge in [0.1, 0.15) is 5.75 Å². The highest BCUT2D eigenvalue weighted by atomic mass is 16.5. The van der Waals surface area contributed by atoms with Crippen molar-refractivity contribution in [2.45, 2.75) is 32.1 Å². The molecule has 3 aliphatic heterocycles. The van der Waals surface area contributed by atoms with Crippen LogP contribution in [0.25, 0.3) is 0 Å². The Morgan fingerprint density at radius 3 is 2.89 bits per heavy atom. The molecule has 0 aliphatic carbocycles. The molecule has 0 saturated carbocycles. The smallest absolute Gasteiger partial charge is 0.254 e. The molecular weight excluding hydrogens is 340 g/mol. The molecule has 0 radical (unpaired) electrons. The highest BCUT2D eigenvalue weighted by molar-refractivity contribution is 5.94. The number of benzene rings is 1. The molecular formula is C22H32N2O3. The van der Waals surface area contributed by atoms with Crippen molar-refractivity contribution in [2.24, 2.45) is 11.3 Å². The van der Waals surface area contributed by atoms with E-state index in [4.69, 9.17) is 9.47 Å². The van der Waals surface area contributed by atoms with Gasteiger partial charge in [0.2, 0.25) is 0 Å². The number of carbonyl (C=O) groups excluding carboxylic acids is 1. The lowest BCUT2D eigenvalue weighted by Crippen LogP contribution is -2.47. The van der Waals surface area contributed by atoms with E-state index in [1.165, 1.54) is 38.8 Å². The van der Waals surface area contributed by atoms with Gasteiger partial charge in [0.05, 0.1) is 7.11 Å². The highest BCUT2D eigenvalue weighted by Gasteiger charge is 2.43. The molecule has 3 aliphatic rings. The summed E-state index contributed by atoms with van der Waals surface area (Å²) in [7, 11) is 1.64. The minimum Gasteiger partial charge on any atom is -0.497 e. The lowest BCUT2D eigenvalue weighted by Gasteiger charge is -2.42. The average molecular weight is 373 g/mol. The molecule has 27 heavy (non-hydrogen) atoms. The summed E-state index contributed by atoms with van der Waals surface area (Å²) in [6.07, 6.45) is 6.03. The number of carbonyl (C=O) groups is 1. The largest absolute Gasteiger partial charge is 0.497 e. The molecule has 3 heterocycles. The molecule has 0 N–H and O–H groups in total. The summed E-state index contributed by atoms with van der Waals surface area (Å²) in [5.74, 6) is 1.67. The third-order valence-electron chi connectivity index (χ3n) is 6.64. The summed E-state index contributed by atoms with van der Waals surface area (Å²) in [4.78, 5) is 17.7. The number of methoxy groups -OCH3 is 1. The number of rotatable bonds is 4. The Kier molecular flexibility index (Phi) is 5.69. The van der Waals surface area contributed by atoms with Gasteiger partial charge in [-0.2, -0.15) is 0 Å². The predicted molar refractivity (Wildman–Crippen MR) is 105 cm³/mol. The zero-order chi connectivity index (χ0) is 18.7. The normalized spacial score (nSPS) is 27.2. The Balaban J connectivity index is 1.37. The molecule has 3 fully saturated rings. The fraction of sp³-hybridized carbons (Fsp3) is 0.682. The SMILES string of the molecule is COc1cccc(C(=O)N2CCC3(CCCN(CC4CCOCC4)C3)C2)c1. The van der Waals surface area contributed by atoms with Crippen LogP contribution in [0.5, 0.6) is 5.75 Å². The second-order valence-electron chi connectivity index (χ2n) is 8.60. The van der Waals surface area contributed by atoms with Crippen molar-refractivity contribution in [1.29, 1.82) is 0 Å². The van der Waals surface area contributed by atoms with Gasteiger partial charge in [0.15, 0.2) is 0 Å². The van der Waals surface area contributed by atoms with Crippen LogP contribution in [0.15, 0.2) is 24.3 Å². The maximum Gasteiger partial charge on any atom is 0.254 e. The molecule has 1 aromatic rings. The third-order valence-corrected chi connectivity index (χ3v) is 6.64. The lowest BCUT2D eigenvalue weighted by atomic mass is 9.79. The lowest BCUT2D eigenvalue weighted by molar-refractivity contribution is 0.0309. The number of amides is 1. The first kappa shape index (κ1) is 18.8. The van der Waals surface area contributed by atoms with E-state index in [1.54, 1.807) is 7.11 Å². The van der Waals surface area contributed by atoms with Gasteiger partial charge in [-0.15, -0.1) is 0 Å². The van der Waals surface area contributed by atoms with Gasteiger partial charge in [0.25, 0.3) is 5.91 Å². The van der Waals surface area contributed by atoms with Crippen molar-refractivity contribution in [3.63, 3.8) is 0 Å². The Labute approximate surface area is 162 Å². The van der Waals surface area contributed by atoms with Gasteiger partial charge in [-0.3, -0.25) is 4.79 Å². The Bertz CT molecular complexity index is 659. The van der Waals surface area contributed by atoms with Crippen molar-refractivity contribution < 1.29 is 14.3 Å². The van der Waals surface area contributed by atoms with Gasteiger partial charge in [-0.1, -0.05) is 6.07 Å².